The molecule has 4 aromatic rings. The minimum absolute atomic E-state index is 0.0358. The zero-order valence-corrected chi connectivity index (χ0v) is 15.1. The zero-order valence-electron chi connectivity index (χ0n) is 13.4. The molecule has 4 rings (SSSR count). The molecule has 0 aliphatic carbocycles. The van der Waals surface area contributed by atoms with E-state index in [0.29, 0.717) is 6.42 Å². The minimum Gasteiger partial charge on any atom is -0.317 e. The molecule has 124 valence electrons. The van der Waals surface area contributed by atoms with Gasteiger partial charge in [-0.15, -0.1) is 22.7 Å². The number of anilines is 1. The predicted molar refractivity (Wildman–Crippen MR) is 106 cm³/mol. The second kappa shape index (κ2) is 7.17. The molecule has 0 bridgehead atoms. The van der Waals surface area contributed by atoms with Crippen molar-refractivity contribution in [3.63, 3.8) is 0 Å². The quantitative estimate of drug-likeness (QED) is 0.501. The van der Waals surface area contributed by atoms with Crippen molar-refractivity contribution in [2.45, 2.75) is 12.8 Å². The lowest BCUT2D eigenvalue weighted by atomic mass is 10.1. The number of carbonyl (C=O) groups excluding carboxylic acids is 1. The van der Waals surface area contributed by atoms with E-state index in [0.717, 1.165) is 32.2 Å². The molecule has 25 heavy (non-hydrogen) atoms. The second-order valence-corrected chi connectivity index (χ2v) is 7.63. The summed E-state index contributed by atoms with van der Waals surface area (Å²) in [6.45, 7) is 0. The molecule has 3 nitrogen and oxygen atoms in total. The first-order valence-electron chi connectivity index (χ1n) is 8.07. The molecule has 0 unspecified atom stereocenters. The van der Waals surface area contributed by atoms with Gasteiger partial charge in [-0.05, 0) is 35.6 Å². The summed E-state index contributed by atoms with van der Waals surface area (Å²) >= 11 is 3.19. The number of aromatic nitrogens is 1. The van der Waals surface area contributed by atoms with Crippen LogP contribution in [0.2, 0.25) is 0 Å². The Balaban J connectivity index is 1.48. The van der Waals surface area contributed by atoms with E-state index in [2.05, 4.69) is 11.4 Å². The van der Waals surface area contributed by atoms with Crippen molar-refractivity contribution in [1.29, 1.82) is 0 Å². The Morgan fingerprint density at radius 2 is 1.80 bits per heavy atom. The van der Waals surface area contributed by atoms with Gasteiger partial charge in [-0.25, -0.2) is 4.98 Å². The monoisotopic (exact) mass is 364 g/mol. The predicted octanol–water partition coefficient (Wildman–Crippen LogP) is 5.60. The van der Waals surface area contributed by atoms with Gasteiger partial charge in [-0.3, -0.25) is 4.79 Å². The normalized spacial score (nSPS) is 10.9. The SMILES string of the molecule is O=C(CCc1ccccc1)Nc1sccc1-c1nc2ccccc2s1. The van der Waals surface area contributed by atoms with Crippen molar-refractivity contribution in [3.05, 3.63) is 71.6 Å². The Morgan fingerprint density at radius 1 is 1.00 bits per heavy atom. The fourth-order valence-electron chi connectivity index (χ4n) is 2.65. The van der Waals surface area contributed by atoms with Crippen LogP contribution in [0, 0.1) is 0 Å². The van der Waals surface area contributed by atoms with E-state index in [1.54, 1.807) is 11.3 Å². The minimum atomic E-state index is 0.0358. The number of benzene rings is 2. The van der Waals surface area contributed by atoms with Gasteiger partial charge in [-0.1, -0.05) is 42.5 Å². The summed E-state index contributed by atoms with van der Waals surface area (Å²) in [5, 5.41) is 6.86. The highest BCUT2D eigenvalue weighted by Crippen LogP contribution is 2.37. The van der Waals surface area contributed by atoms with Crippen molar-refractivity contribution >= 4 is 43.8 Å². The van der Waals surface area contributed by atoms with Gasteiger partial charge in [-0.2, -0.15) is 0 Å². The van der Waals surface area contributed by atoms with Gasteiger partial charge in [0, 0.05) is 12.0 Å². The Bertz CT molecular complexity index is 972. The number of thiophene rings is 1. The molecule has 2 heterocycles. The third kappa shape index (κ3) is 3.62. The number of thiazole rings is 1. The van der Waals surface area contributed by atoms with Crippen molar-refractivity contribution in [2.75, 3.05) is 5.32 Å². The molecule has 0 atom stereocenters. The van der Waals surface area contributed by atoms with Gasteiger partial charge < -0.3 is 5.32 Å². The summed E-state index contributed by atoms with van der Waals surface area (Å²) in [4.78, 5) is 17.0. The van der Waals surface area contributed by atoms with Crippen LogP contribution in [-0.2, 0) is 11.2 Å². The highest BCUT2D eigenvalue weighted by molar-refractivity contribution is 7.22. The lowest BCUT2D eigenvalue weighted by Crippen LogP contribution is -2.11. The van der Waals surface area contributed by atoms with Gasteiger partial charge in [0.15, 0.2) is 0 Å². The second-order valence-electron chi connectivity index (χ2n) is 5.68. The number of aryl methyl sites for hydroxylation is 1. The summed E-state index contributed by atoms with van der Waals surface area (Å²) in [5.74, 6) is 0.0358. The maximum absolute atomic E-state index is 12.3. The largest absolute Gasteiger partial charge is 0.317 e. The fourth-order valence-corrected chi connectivity index (χ4v) is 4.52. The van der Waals surface area contributed by atoms with E-state index >= 15 is 0 Å². The molecule has 0 saturated carbocycles. The number of para-hydroxylation sites is 1. The van der Waals surface area contributed by atoms with E-state index in [-0.39, 0.29) is 5.91 Å². The van der Waals surface area contributed by atoms with Gasteiger partial charge in [0.1, 0.15) is 10.0 Å². The molecular formula is C20H16N2OS2. The summed E-state index contributed by atoms with van der Waals surface area (Å²) in [6.07, 6.45) is 1.22. The molecule has 0 radical (unpaired) electrons. The lowest BCUT2D eigenvalue weighted by Gasteiger charge is -2.05. The average Bonchev–Trinajstić information content (AvgIpc) is 3.27. The van der Waals surface area contributed by atoms with E-state index in [1.165, 1.54) is 16.9 Å². The lowest BCUT2D eigenvalue weighted by molar-refractivity contribution is -0.116. The van der Waals surface area contributed by atoms with Gasteiger partial charge in [0.2, 0.25) is 5.91 Å². The van der Waals surface area contributed by atoms with Gasteiger partial charge >= 0.3 is 0 Å². The van der Waals surface area contributed by atoms with Crippen molar-refractivity contribution in [1.82, 2.24) is 4.98 Å². The maximum Gasteiger partial charge on any atom is 0.225 e. The van der Waals surface area contributed by atoms with Crippen LogP contribution in [0.5, 0.6) is 0 Å². The molecule has 0 spiro atoms. The van der Waals surface area contributed by atoms with Crippen molar-refractivity contribution in [2.24, 2.45) is 0 Å². The maximum atomic E-state index is 12.3. The van der Waals surface area contributed by atoms with Crippen LogP contribution >= 0.6 is 22.7 Å². The number of hydrogen-bond acceptors (Lipinski definition) is 4. The number of rotatable bonds is 5. The van der Waals surface area contributed by atoms with Crippen molar-refractivity contribution < 1.29 is 4.79 Å². The van der Waals surface area contributed by atoms with Crippen LogP contribution in [0.3, 0.4) is 0 Å². The summed E-state index contributed by atoms with van der Waals surface area (Å²) in [6, 6.07) is 20.2. The highest BCUT2D eigenvalue weighted by atomic mass is 32.1. The molecule has 1 N–H and O–H groups in total. The first-order chi connectivity index (χ1) is 12.3. The summed E-state index contributed by atoms with van der Waals surface area (Å²) < 4.78 is 1.16. The van der Waals surface area contributed by atoms with Crippen molar-refractivity contribution in [3.8, 4) is 10.6 Å². The van der Waals surface area contributed by atoms with Crippen LogP contribution < -0.4 is 5.32 Å². The molecule has 0 aliphatic rings. The molecule has 0 saturated heterocycles. The third-order valence-corrected chi connectivity index (χ3v) is 5.83. The smallest absolute Gasteiger partial charge is 0.225 e. The molecule has 0 fully saturated rings. The van der Waals surface area contributed by atoms with E-state index in [4.69, 9.17) is 4.98 Å². The summed E-state index contributed by atoms with van der Waals surface area (Å²) in [7, 11) is 0. The van der Waals surface area contributed by atoms with Crippen LogP contribution in [-0.4, -0.2) is 10.9 Å². The number of nitrogens with zero attached hydrogens (tertiary/aromatic N) is 1. The van der Waals surface area contributed by atoms with E-state index in [1.807, 2.05) is 60.0 Å². The number of fused-ring (bicyclic) bond motifs is 1. The topological polar surface area (TPSA) is 42.0 Å². The fraction of sp³-hybridized carbons (Fsp3) is 0.100. The van der Waals surface area contributed by atoms with Crippen LogP contribution in [0.4, 0.5) is 5.00 Å². The molecule has 1 amide bonds. The number of carbonyl (C=O) groups is 1. The molecule has 5 heteroatoms. The molecule has 2 aromatic carbocycles. The molecule has 2 aromatic heterocycles. The standard InChI is InChI=1S/C20H16N2OS2/c23-18(11-10-14-6-2-1-3-7-14)22-19-15(12-13-24-19)20-21-16-8-4-5-9-17(16)25-20/h1-9,12-13H,10-11H2,(H,22,23). The van der Waals surface area contributed by atoms with E-state index in [9.17, 15) is 4.79 Å². The number of hydrogen-bond donors (Lipinski definition) is 1. The Hall–Kier alpha value is -2.50. The van der Waals surface area contributed by atoms with Gasteiger partial charge in [0.05, 0.1) is 10.2 Å². The number of amides is 1. The van der Waals surface area contributed by atoms with Crippen LogP contribution in [0.15, 0.2) is 66.0 Å². The highest BCUT2D eigenvalue weighted by Gasteiger charge is 2.14. The molecular weight excluding hydrogens is 348 g/mol. The summed E-state index contributed by atoms with van der Waals surface area (Å²) in [5.41, 5.74) is 3.17. The third-order valence-electron chi connectivity index (χ3n) is 3.93. The Morgan fingerprint density at radius 3 is 2.64 bits per heavy atom. The Kier molecular flexibility index (Phi) is 4.59. The molecule has 0 aliphatic heterocycles. The van der Waals surface area contributed by atoms with Gasteiger partial charge in [0.25, 0.3) is 0 Å². The first-order valence-corrected chi connectivity index (χ1v) is 9.76. The van der Waals surface area contributed by atoms with E-state index < -0.39 is 0 Å². The first kappa shape index (κ1) is 16.0. The Labute approximate surface area is 154 Å². The van der Waals surface area contributed by atoms with Crippen LogP contribution in [0.1, 0.15) is 12.0 Å². The zero-order chi connectivity index (χ0) is 17.1. The van der Waals surface area contributed by atoms with Crippen LogP contribution in [0.25, 0.3) is 20.8 Å². The average molecular weight is 364 g/mol. The number of nitrogens with one attached hydrogen (secondary N) is 1.